The number of rotatable bonds is 6. The van der Waals surface area contributed by atoms with Gasteiger partial charge in [0, 0.05) is 19.2 Å². The van der Waals surface area contributed by atoms with Crippen molar-refractivity contribution in [3.05, 3.63) is 47.3 Å². The van der Waals surface area contributed by atoms with Gasteiger partial charge in [-0.05, 0) is 31.0 Å². The van der Waals surface area contributed by atoms with E-state index in [0.717, 1.165) is 35.5 Å². The summed E-state index contributed by atoms with van der Waals surface area (Å²) in [7, 11) is 1.65. The molecule has 0 saturated carbocycles. The Morgan fingerprint density at radius 2 is 2.15 bits per heavy atom. The van der Waals surface area contributed by atoms with Gasteiger partial charge in [0.25, 0.3) is 0 Å². The number of aryl methyl sites for hydroxylation is 2. The molecule has 0 saturated heterocycles. The van der Waals surface area contributed by atoms with Crippen molar-refractivity contribution in [2.75, 3.05) is 7.11 Å². The maximum absolute atomic E-state index is 10.5. The second-order valence-electron chi connectivity index (χ2n) is 5.01. The normalized spacial score (nSPS) is 12.4. The first-order valence-corrected chi connectivity index (χ1v) is 6.99. The fourth-order valence-electron chi connectivity index (χ4n) is 2.40. The van der Waals surface area contributed by atoms with E-state index in [1.165, 1.54) is 0 Å². The van der Waals surface area contributed by atoms with Crippen LogP contribution >= 0.6 is 0 Å². The third-order valence-electron chi connectivity index (χ3n) is 3.38. The zero-order valence-corrected chi connectivity index (χ0v) is 12.3. The molecular weight excluding hydrogens is 252 g/mol. The molecule has 1 heterocycles. The van der Waals surface area contributed by atoms with Gasteiger partial charge in [0.15, 0.2) is 0 Å². The van der Waals surface area contributed by atoms with E-state index in [-0.39, 0.29) is 0 Å². The van der Waals surface area contributed by atoms with Crippen molar-refractivity contribution in [2.24, 2.45) is 0 Å². The van der Waals surface area contributed by atoms with Gasteiger partial charge >= 0.3 is 0 Å². The molecule has 1 aromatic carbocycles. The van der Waals surface area contributed by atoms with Crippen molar-refractivity contribution in [2.45, 2.75) is 39.3 Å². The van der Waals surface area contributed by atoms with Gasteiger partial charge in [-0.1, -0.05) is 24.6 Å². The van der Waals surface area contributed by atoms with Gasteiger partial charge in [-0.15, -0.1) is 0 Å². The first-order chi connectivity index (χ1) is 9.65. The van der Waals surface area contributed by atoms with Crippen LogP contribution in [0.25, 0.3) is 0 Å². The van der Waals surface area contributed by atoms with Crippen LogP contribution in [0, 0.1) is 6.92 Å². The average molecular weight is 274 g/mol. The molecule has 0 aliphatic rings. The largest absolute Gasteiger partial charge is 0.496 e. The maximum atomic E-state index is 10.5. The summed E-state index contributed by atoms with van der Waals surface area (Å²) < 4.78 is 7.23. The van der Waals surface area contributed by atoms with E-state index in [1.54, 1.807) is 13.3 Å². The zero-order valence-electron chi connectivity index (χ0n) is 12.3. The molecule has 0 aliphatic carbocycles. The quantitative estimate of drug-likeness (QED) is 0.881. The van der Waals surface area contributed by atoms with Crippen LogP contribution in [0.2, 0.25) is 0 Å². The van der Waals surface area contributed by atoms with E-state index < -0.39 is 6.10 Å². The Balaban J connectivity index is 2.20. The van der Waals surface area contributed by atoms with Gasteiger partial charge in [-0.2, -0.15) is 5.10 Å². The fourth-order valence-corrected chi connectivity index (χ4v) is 2.40. The molecule has 2 aromatic rings. The molecule has 0 aliphatic heterocycles. The average Bonchev–Trinajstić information content (AvgIpc) is 2.88. The molecular formula is C16H22N2O2. The summed E-state index contributed by atoms with van der Waals surface area (Å²) in [5, 5.41) is 14.7. The topological polar surface area (TPSA) is 47.3 Å². The van der Waals surface area contributed by atoms with Crippen molar-refractivity contribution in [1.82, 2.24) is 9.78 Å². The third-order valence-corrected chi connectivity index (χ3v) is 3.38. The van der Waals surface area contributed by atoms with Crippen LogP contribution in [0.4, 0.5) is 0 Å². The smallest absolute Gasteiger partial charge is 0.122 e. The number of hydrogen-bond donors (Lipinski definition) is 1. The van der Waals surface area contributed by atoms with Gasteiger partial charge in [0.2, 0.25) is 0 Å². The highest BCUT2D eigenvalue weighted by atomic mass is 16.5. The lowest BCUT2D eigenvalue weighted by Crippen LogP contribution is -2.11. The van der Waals surface area contributed by atoms with Crippen LogP contribution < -0.4 is 4.74 Å². The lowest BCUT2D eigenvalue weighted by atomic mass is 10.0. The molecule has 0 spiro atoms. The molecule has 0 amide bonds. The molecule has 1 unspecified atom stereocenters. The number of hydrogen-bond acceptors (Lipinski definition) is 3. The highest BCUT2D eigenvalue weighted by Crippen LogP contribution is 2.26. The van der Waals surface area contributed by atoms with Crippen LogP contribution in [0.3, 0.4) is 0 Å². The lowest BCUT2D eigenvalue weighted by molar-refractivity contribution is 0.165. The first-order valence-electron chi connectivity index (χ1n) is 6.99. The summed E-state index contributed by atoms with van der Waals surface area (Å²) in [5.41, 5.74) is 3.04. The van der Waals surface area contributed by atoms with Gasteiger partial charge in [0.05, 0.1) is 18.9 Å². The monoisotopic (exact) mass is 274 g/mol. The van der Waals surface area contributed by atoms with Crippen LogP contribution in [0.1, 0.15) is 36.3 Å². The van der Waals surface area contributed by atoms with Crippen LogP contribution in [-0.4, -0.2) is 22.0 Å². The van der Waals surface area contributed by atoms with E-state index in [4.69, 9.17) is 4.74 Å². The van der Waals surface area contributed by atoms with E-state index in [0.29, 0.717) is 6.42 Å². The van der Waals surface area contributed by atoms with Gasteiger partial charge in [0.1, 0.15) is 5.75 Å². The number of ether oxygens (including phenoxy) is 1. The summed E-state index contributed by atoms with van der Waals surface area (Å²) >= 11 is 0. The Hall–Kier alpha value is -1.81. The number of methoxy groups -OCH3 is 1. The number of benzene rings is 1. The van der Waals surface area contributed by atoms with Crippen molar-refractivity contribution in [3.8, 4) is 5.75 Å². The number of aromatic nitrogens is 2. The second kappa shape index (κ2) is 6.57. The SMILES string of the molecule is CCCn1nccc1C(O)Cc1cc(C)ccc1OC. The Kier molecular flexibility index (Phi) is 4.79. The fraction of sp³-hybridized carbons (Fsp3) is 0.438. The van der Waals surface area contributed by atoms with Gasteiger partial charge in [-0.3, -0.25) is 4.68 Å². The maximum Gasteiger partial charge on any atom is 0.122 e. The summed E-state index contributed by atoms with van der Waals surface area (Å²) in [6, 6.07) is 7.89. The van der Waals surface area contributed by atoms with E-state index in [9.17, 15) is 5.11 Å². The Labute approximate surface area is 120 Å². The predicted octanol–water partition coefficient (Wildman–Crippen LogP) is 2.89. The van der Waals surface area contributed by atoms with E-state index >= 15 is 0 Å². The van der Waals surface area contributed by atoms with Crippen molar-refractivity contribution >= 4 is 0 Å². The lowest BCUT2D eigenvalue weighted by Gasteiger charge is -2.15. The van der Waals surface area contributed by atoms with Crippen molar-refractivity contribution in [3.63, 3.8) is 0 Å². The molecule has 1 N–H and O–H groups in total. The number of aliphatic hydroxyl groups excluding tert-OH is 1. The van der Waals surface area contributed by atoms with Crippen molar-refractivity contribution in [1.29, 1.82) is 0 Å². The number of nitrogens with zero attached hydrogens (tertiary/aromatic N) is 2. The molecule has 4 nitrogen and oxygen atoms in total. The Bertz CT molecular complexity index is 563. The summed E-state index contributed by atoms with van der Waals surface area (Å²) in [5.74, 6) is 0.816. The summed E-state index contributed by atoms with van der Waals surface area (Å²) in [4.78, 5) is 0. The Morgan fingerprint density at radius 3 is 2.85 bits per heavy atom. The molecule has 2 rings (SSSR count). The molecule has 4 heteroatoms. The minimum atomic E-state index is -0.570. The molecule has 20 heavy (non-hydrogen) atoms. The minimum Gasteiger partial charge on any atom is -0.496 e. The van der Waals surface area contributed by atoms with Crippen LogP contribution in [0.15, 0.2) is 30.5 Å². The zero-order chi connectivity index (χ0) is 14.5. The van der Waals surface area contributed by atoms with Crippen LogP contribution in [-0.2, 0) is 13.0 Å². The molecule has 1 aromatic heterocycles. The molecule has 0 radical (unpaired) electrons. The second-order valence-corrected chi connectivity index (χ2v) is 5.01. The van der Waals surface area contributed by atoms with Crippen LogP contribution in [0.5, 0.6) is 5.75 Å². The highest BCUT2D eigenvalue weighted by molar-refractivity contribution is 5.37. The van der Waals surface area contributed by atoms with E-state index in [2.05, 4.69) is 18.1 Å². The van der Waals surface area contributed by atoms with Gasteiger partial charge < -0.3 is 9.84 Å². The molecule has 0 bridgehead atoms. The molecule has 0 fully saturated rings. The van der Waals surface area contributed by atoms with E-state index in [1.807, 2.05) is 29.8 Å². The van der Waals surface area contributed by atoms with Gasteiger partial charge in [-0.25, -0.2) is 0 Å². The first kappa shape index (κ1) is 14.6. The minimum absolute atomic E-state index is 0.528. The predicted molar refractivity (Wildman–Crippen MR) is 78.9 cm³/mol. The highest BCUT2D eigenvalue weighted by Gasteiger charge is 2.16. The summed E-state index contributed by atoms with van der Waals surface area (Å²) in [6.45, 7) is 4.96. The Morgan fingerprint density at radius 1 is 1.35 bits per heavy atom. The summed E-state index contributed by atoms with van der Waals surface area (Å²) in [6.07, 6.45) is 2.69. The third kappa shape index (κ3) is 3.20. The van der Waals surface area contributed by atoms with Crippen molar-refractivity contribution < 1.29 is 9.84 Å². The standard InChI is InChI=1S/C16H22N2O2/c1-4-9-18-14(7-8-17-18)15(19)11-13-10-12(2)5-6-16(13)20-3/h5-8,10,15,19H,4,9,11H2,1-3H3. The number of aliphatic hydroxyl groups is 1. The molecule has 1 atom stereocenters. The molecule has 108 valence electrons.